The Hall–Kier alpha value is 3.85. The summed E-state index contributed by atoms with van der Waals surface area (Å²) in [5.41, 5.74) is 0. The lowest BCUT2D eigenvalue weighted by Gasteiger charge is -2.32. The molecule has 0 aliphatic rings. The number of rotatable bonds is 16. The van der Waals surface area contributed by atoms with Gasteiger partial charge in [-0.1, -0.05) is 20.8 Å². The van der Waals surface area contributed by atoms with Crippen molar-refractivity contribution in [3.05, 3.63) is 0 Å². The van der Waals surface area contributed by atoms with Crippen LogP contribution in [0.4, 0.5) is 0 Å². The van der Waals surface area contributed by atoms with Gasteiger partial charge < -0.3 is 0 Å². The summed E-state index contributed by atoms with van der Waals surface area (Å²) in [4.78, 5) is 0. The predicted octanol–water partition coefficient (Wildman–Crippen LogP) is 7.39. The van der Waals surface area contributed by atoms with Crippen LogP contribution in [0.5, 0.6) is 0 Å². The number of thioether (sulfide) groups is 2. The average Bonchev–Trinajstić information content (AvgIpc) is 2.44. The Bertz CT molecular complexity index is 436. The third kappa shape index (κ3) is 19.8. The van der Waals surface area contributed by atoms with E-state index in [0.717, 1.165) is 49.4 Å². The first kappa shape index (κ1) is 32.8. The van der Waals surface area contributed by atoms with Gasteiger partial charge in [-0.2, -0.15) is 137 Å². The highest BCUT2D eigenvalue weighted by Crippen LogP contribution is 2.40. The zero-order valence-electron chi connectivity index (χ0n) is 17.3. The van der Waals surface area contributed by atoms with E-state index >= 15 is 0 Å². The van der Waals surface area contributed by atoms with Crippen molar-refractivity contribution in [2.75, 3.05) is 17.3 Å². The molecule has 0 nitrogen and oxygen atoms in total. The van der Waals surface area contributed by atoms with E-state index in [2.05, 4.69) is 58.7 Å². The topological polar surface area (TPSA) is 0 Å². The quantitative estimate of drug-likeness (QED) is 0.0511. The Morgan fingerprint density at radius 1 is 0.655 bits per heavy atom. The average molecular weight is 607 g/mol. The van der Waals surface area contributed by atoms with E-state index in [0.29, 0.717) is 10.5 Å². The lowest BCUT2D eigenvalue weighted by molar-refractivity contribution is 0.660. The maximum absolute atomic E-state index is 4.82. The Morgan fingerprint density at radius 2 is 1.10 bits per heavy atom. The Balaban J connectivity index is 4.79. The van der Waals surface area contributed by atoms with Crippen LogP contribution < -0.4 is 0 Å². The molecule has 4 unspecified atom stereocenters. The standard InChI is InChI=1S/C18H38S11/c1-12(19)6-16(22,23)4-5-28-10-15(9-17(24,25)7-13(2)20)29-11-18(26,27)8-14(3)21/h12-15,19-27H,4-11H2,1-3H3. The lowest BCUT2D eigenvalue weighted by Crippen LogP contribution is -2.28. The monoisotopic (exact) mass is 606 g/mol. The van der Waals surface area contributed by atoms with Gasteiger partial charge in [-0.05, 0) is 37.9 Å². The van der Waals surface area contributed by atoms with Gasteiger partial charge in [0, 0.05) is 32.5 Å². The van der Waals surface area contributed by atoms with Gasteiger partial charge in [-0.3, -0.25) is 0 Å². The summed E-state index contributed by atoms with van der Waals surface area (Å²) >= 11 is 45.9. The van der Waals surface area contributed by atoms with E-state index in [1.54, 1.807) is 0 Å². The molecular weight excluding hydrogens is 569 g/mol. The fraction of sp³-hybridized carbons (Fsp3) is 1.00. The molecule has 0 heterocycles. The molecule has 29 heavy (non-hydrogen) atoms. The largest absolute Gasteiger partial charge is 0.176 e. The highest BCUT2D eigenvalue weighted by molar-refractivity contribution is 8.06. The molecule has 0 aliphatic carbocycles. The molecule has 0 radical (unpaired) electrons. The first-order valence-electron chi connectivity index (χ1n) is 9.61. The van der Waals surface area contributed by atoms with Crippen molar-refractivity contribution >= 4 is 137 Å². The predicted molar refractivity (Wildman–Crippen MR) is 174 cm³/mol. The van der Waals surface area contributed by atoms with Crippen molar-refractivity contribution in [2.45, 2.75) is 86.1 Å². The highest BCUT2D eigenvalue weighted by atomic mass is 32.2. The molecule has 0 aromatic carbocycles. The van der Waals surface area contributed by atoms with E-state index in [-0.39, 0.29) is 22.7 Å². The Morgan fingerprint density at radius 3 is 1.59 bits per heavy atom. The van der Waals surface area contributed by atoms with Gasteiger partial charge in [0.15, 0.2) is 0 Å². The summed E-state index contributed by atoms with van der Waals surface area (Å²) in [6.45, 7) is 6.25. The molecule has 0 rings (SSSR count). The second-order valence-electron chi connectivity index (χ2n) is 8.07. The Labute approximate surface area is 238 Å². The summed E-state index contributed by atoms with van der Waals surface area (Å²) in [6, 6.07) is 0. The van der Waals surface area contributed by atoms with Crippen LogP contribution in [0.2, 0.25) is 0 Å². The molecule has 0 aromatic rings. The van der Waals surface area contributed by atoms with Crippen molar-refractivity contribution in [2.24, 2.45) is 0 Å². The van der Waals surface area contributed by atoms with Crippen LogP contribution in [-0.2, 0) is 0 Å². The summed E-state index contributed by atoms with van der Waals surface area (Å²) in [5.74, 6) is 2.89. The fourth-order valence-electron chi connectivity index (χ4n) is 2.90. The SMILES string of the molecule is CC(S)CC(S)(S)CCSCC(CC(S)(S)CC(C)S)SCC(S)(S)CC(C)S. The van der Waals surface area contributed by atoms with Crippen molar-refractivity contribution in [3.63, 3.8) is 0 Å². The van der Waals surface area contributed by atoms with E-state index in [1.165, 1.54) is 0 Å². The van der Waals surface area contributed by atoms with Crippen LogP contribution in [-0.4, -0.2) is 50.5 Å². The van der Waals surface area contributed by atoms with Gasteiger partial charge in [0.2, 0.25) is 0 Å². The highest BCUT2D eigenvalue weighted by Gasteiger charge is 2.30. The van der Waals surface area contributed by atoms with Crippen molar-refractivity contribution in [1.29, 1.82) is 0 Å². The lowest BCUT2D eigenvalue weighted by atomic mass is 10.1. The van der Waals surface area contributed by atoms with Crippen LogP contribution in [0.3, 0.4) is 0 Å². The van der Waals surface area contributed by atoms with Crippen LogP contribution in [0.25, 0.3) is 0 Å². The first-order valence-corrected chi connectivity index (χ1v) is 16.0. The maximum atomic E-state index is 4.82. The molecule has 0 aliphatic heterocycles. The second kappa shape index (κ2) is 15.8. The van der Waals surface area contributed by atoms with E-state index < -0.39 is 0 Å². The minimum atomic E-state index is -0.343. The molecule has 0 aromatic heterocycles. The van der Waals surface area contributed by atoms with E-state index in [1.807, 2.05) is 23.5 Å². The van der Waals surface area contributed by atoms with Crippen molar-refractivity contribution in [3.8, 4) is 0 Å². The van der Waals surface area contributed by atoms with Gasteiger partial charge in [0.05, 0.1) is 12.2 Å². The normalized spacial score (nSPS) is 17.8. The minimum absolute atomic E-state index is 0.263. The van der Waals surface area contributed by atoms with Crippen LogP contribution in [0.1, 0.15) is 52.9 Å². The van der Waals surface area contributed by atoms with E-state index in [9.17, 15) is 0 Å². The van der Waals surface area contributed by atoms with Crippen LogP contribution >= 0.6 is 137 Å². The summed E-state index contributed by atoms with van der Waals surface area (Å²) in [7, 11) is 0. The fourth-order valence-corrected chi connectivity index (χ4v) is 10.7. The first-order chi connectivity index (χ1) is 13.0. The van der Waals surface area contributed by atoms with Crippen LogP contribution in [0.15, 0.2) is 0 Å². The van der Waals surface area contributed by atoms with Crippen molar-refractivity contribution < 1.29 is 0 Å². The molecule has 0 saturated carbocycles. The zero-order valence-corrected chi connectivity index (χ0v) is 27.0. The van der Waals surface area contributed by atoms with Crippen LogP contribution in [0, 0.1) is 0 Å². The van der Waals surface area contributed by atoms with Gasteiger partial charge >= 0.3 is 0 Å². The number of hydrogen-bond acceptors (Lipinski definition) is 11. The van der Waals surface area contributed by atoms with Gasteiger partial charge in [0.25, 0.3) is 0 Å². The summed E-state index contributed by atoms with van der Waals surface area (Å²) < 4.78 is -0.955. The zero-order chi connectivity index (χ0) is 22.9. The second-order valence-corrected chi connectivity index (χ2v) is 19.3. The summed E-state index contributed by atoms with van der Waals surface area (Å²) in [6.07, 6.45) is 4.41. The molecule has 11 heteroatoms. The van der Waals surface area contributed by atoms with Gasteiger partial charge in [-0.15, -0.1) is 0 Å². The van der Waals surface area contributed by atoms with Gasteiger partial charge in [0.1, 0.15) is 0 Å². The molecule has 0 amide bonds. The van der Waals surface area contributed by atoms with E-state index in [4.69, 9.17) is 75.8 Å². The van der Waals surface area contributed by atoms with Gasteiger partial charge in [-0.25, -0.2) is 0 Å². The summed E-state index contributed by atoms with van der Waals surface area (Å²) in [5, 5.41) is 1.24. The molecule has 0 fully saturated rings. The molecule has 4 atom stereocenters. The van der Waals surface area contributed by atoms with Crippen molar-refractivity contribution in [1.82, 2.24) is 0 Å². The maximum Gasteiger partial charge on any atom is 0.0652 e. The molecule has 0 N–H and O–H groups in total. The minimum Gasteiger partial charge on any atom is -0.176 e. The number of hydrogen-bond donors (Lipinski definition) is 9. The molecule has 0 bridgehead atoms. The molecule has 0 spiro atoms. The molecule has 176 valence electrons. The number of thiol groups is 9. The smallest absolute Gasteiger partial charge is 0.0652 e. The Kier molecular flexibility index (Phi) is 17.9. The third-order valence-electron chi connectivity index (χ3n) is 3.92. The molecular formula is C18H38S11. The third-order valence-corrected chi connectivity index (χ3v) is 9.93. The molecule has 0 saturated heterocycles.